The largest absolute Gasteiger partial charge is 0.506 e. The number of aromatic hydroxyl groups is 1. The topological polar surface area (TPSA) is 120 Å². The third-order valence-electron chi connectivity index (χ3n) is 3.43. The van der Waals surface area contributed by atoms with Gasteiger partial charge in [-0.05, 0) is 26.8 Å². The molecular formula is C17H21N3O6. The molecule has 0 unspecified atom stereocenters. The highest BCUT2D eigenvalue weighted by molar-refractivity contribution is 6.02. The molecule has 26 heavy (non-hydrogen) atoms. The van der Waals surface area contributed by atoms with E-state index in [0.29, 0.717) is 0 Å². The molecule has 0 radical (unpaired) electrons. The first-order chi connectivity index (χ1) is 12.0. The molecule has 0 spiro atoms. The lowest BCUT2D eigenvalue weighted by molar-refractivity contribution is -0.153. The van der Waals surface area contributed by atoms with Crippen LogP contribution in [0.5, 0.6) is 11.6 Å². The van der Waals surface area contributed by atoms with Crippen molar-refractivity contribution in [3.05, 3.63) is 28.0 Å². The zero-order valence-electron chi connectivity index (χ0n) is 15.2. The van der Waals surface area contributed by atoms with Crippen LogP contribution in [0.1, 0.15) is 31.1 Å². The van der Waals surface area contributed by atoms with Crippen LogP contribution in [0, 0.1) is 0 Å². The summed E-state index contributed by atoms with van der Waals surface area (Å²) in [5, 5.41) is 12.9. The molecule has 2 aromatic rings. The van der Waals surface area contributed by atoms with Crippen LogP contribution in [0.4, 0.5) is 0 Å². The number of methoxy groups -OCH3 is 1. The number of aromatic nitrogens is 2. The van der Waals surface area contributed by atoms with Crippen LogP contribution in [0.2, 0.25) is 0 Å². The number of rotatable bonds is 4. The lowest BCUT2D eigenvalue weighted by Crippen LogP contribution is -2.37. The first-order valence-electron chi connectivity index (χ1n) is 7.82. The summed E-state index contributed by atoms with van der Waals surface area (Å²) in [4.78, 5) is 40.6. The number of hydrogen-bond donors (Lipinski definition) is 2. The molecule has 2 aromatic heterocycles. The number of amides is 1. The molecule has 9 heteroatoms. The van der Waals surface area contributed by atoms with Gasteiger partial charge in [-0.25, -0.2) is 0 Å². The summed E-state index contributed by atoms with van der Waals surface area (Å²) in [7, 11) is 2.84. The fourth-order valence-electron chi connectivity index (χ4n) is 2.31. The Morgan fingerprint density at radius 3 is 2.54 bits per heavy atom. The van der Waals surface area contributed by atoms with E-state index in [1.807, 2.05) is 0 Å². The van der Waals surface area contributed by atoms with E-state index in [9.17, 15) is 19.5 Å². The third-order valence-corrected chi connectivity index (χ3v) is 3.43. The normalized spacial score (nSPS) is 11.3. The predicted molar refractivity (Wildman–Crippen MR) is 93.4 cm³/mol. The van der Waals surface area contributed by atoms with E-state index in [1.54, 1.807) is 20.8 Å². The van der Waals surface area contributed by atoms with Crippen molar-refractivity contribution in [2.45, 2.75) is 26.4 Å². The molecule has 0 bridgehead atoms. The Hall–Kier alpha value is -3.10. The van der Waals surface area contributed by atoms with Crippen LogP contribution < -0.4 is 15.6 Å². The quantitative estimate of drug-likeness (QED) is 0.768. The minimum atomic E-state index is -0.883. The van der Waals surface area contributed by atoms with Crippen LogP contribution >= 0.6 is 0 Å². The van der Waals surface area contributed by atoms with Crippen molar-refractivity contribution in [3.8, 4) is 11.6 Å². The van der Waals surface area contributed by atoms with Gasteiger partial charge in [-0.3, -0.25) is 19.0 Å². The van der Waals surface area contributed by atoms with E-state index in [-0.39, 0.29) is 16.9 Å². The monoisotopic (exact) mass is 363 g/mol. The minimum Gasteiger partial charge on any atom is -0.506 e. The molecular weight excluding hydrogens is 342 g/mol. The van der Waals surface area contributed by atoms with Crippen LogP contribution in [0.3, 0.4) is 0 Å². The van der Waals surface area contributed by atoms with Crippen LogP contribution in [0.25, 0.3) is 11.0 Å². The average molecular weight is 363 g/mol. The summed E-state index contributed by atoms with van der Waals surface area (Å²) in [6.45, 7) is 4.65. The Morgan fingerprint density at radius 1 is 1.31 bits per heavy atom. The van der Waals surface area contributed by atoms with Gasteiger partial charge in [-0.2, -0.15) is 4.98 Å². The molecule has 1 amide bonds. The first kappa shape index (κ1) is 19.2. The van der Waals surface area contributed by atoms with Gasteiger partial charge in [0.15, 0.2) is 0 Å². The van der Waals surface area contributed by atoms with E-state index in [0.717, 1.165) is 4.57 Å². The molecule has 0 aromatic carbocycles. The van der Waals surface area contributed by atoms with E-state index >= 15 is 0 Å². The summed E-state index contributed by atoms with van der Waals surface area (Å²) < 4.78 is 11.2. The standard InChI is InChI=1S/C17H21N3O6/c1-17(2,3)26-11(21)8-18-15(23)12-13(22)9-6-7-10(25-5)19-14(9)20(4)16(12)24/h6-7,22H,8H2,1-5H3,(H,18,23). The molecule has 0 aliphatic rings. The van der Waals surface area contributed by atoms with Gasteiger partial charge in [0.1, 0.15) is 29.1 Å². The summed E-state index contributed by atoms with van der Waals surface area (Å²) >= 11 is 0. The number of carbonyl (C=O) groups is 2. The van der Waals surface area contributed by atoms with Gasteiger partial charge in [-0.15, -0.1) is 0 Å². The molecule has 0 saturated heterocycles. The molecule has 0 atom stereocenters. The van der Waals surface area contributed by atoms with Crippen molar-refractivity contribution in [2.24, 2.45) is 7.05 Å². The maximum Gasteiger partial charge on any atom is 0.325 e. The summed E-state index contributed by atoms with van der Waals surface area (Å²) in [5.41, 5.74) is -1.77. The molecule has 0 aliphatic carbocycles. The summed E-state index contributed by atoms with van der Waals surface area (Å²) in [6.07, 6.45) is 0. The predicted octanol–water partition coefficient (Wildman–Crippen LogP) is 0.719. The third kappa shape index (κ3) is 3.93. The maximum atomic E-state index is 12.5. The van der Waals surface area contributed by atoms with Crippen molar-refractivity contribution in [3.63, 3.8) is 0 Å². The Morgan fingerprint density at radius 2 is 1.96 bits per heavy atom. The average Bonchev–Trinajstić information content (AvgIpc) is 2.56. The van der Waals surface area contributed by atoms with Gasteiger partial charge >= 0.3 is 5.97 Å². The minimum absolute atomic E-state index is 0.163. The number of ether oxygens (including phenoxy) is 2. The number of hydrogen-bond acceptors (Lipinski definition) is 7. The second-order valence-corrected chi connectivity index (χ2v) is 6.58. The fraction of sp³-hybridized carbons (Fsp3) is 0.412. The fourth-order valence-corrected chi connectivity index (χ4v) is 2.31. The van der Waals surface area contributed by atoms with Gasteiger partial charge in [0.25, 0.3) is 11.5 Å². The van der Waals surface area contributed by atoms with Crippen molar-refractivity contribution in [1.29, 1.82) is 0 Å². The zero-order valence-corrected chi connectivity index (χ0v) is 15.2. The zero-order chi connectivity index (χ0) is 19.6. The molecule has 2 N–H and O–H groups in total. The Bertz CT molecular complexity index is 927. The van der Waals surface area contributed by atoms with Gasteiger partial charge in [-0.1, -0.05) is 0 Å². The van der Waals surface area contributed by atoms with E-state index in [2.05, 4.69) is 10.3 Å². The Labute approximate surface area is 149 Å². The lowest BCUT2D eigenvalue weighted by Gasteiger charge is -2.19. The van der Waals surface area contributed by atoms with Crippen molar-refractivity contribution < 1.29 is 24.2 Å². The molecule has 0 fully saturated rings. The van der Waals surface area contributed by atoms with Gasteiger partial charge < -0.3 is 19.9 Å². The van der Waals surface area contributed by atoms with Crippen LogP contribution in [0.15, 0.2) is 16.9 Å². The number of aryl methyl sites for hydroxylation is 1. The molecule has 9 nitrogen and oxygen atoms in total. The van der Waals surface area contributed by atoms with Crippen LogP contribution in [-0.2, 0) is 16.6 Å². The Balaban J connectivity index is 2.36. The van der Waals surface area contributed by atoms with E-state index in [1.165, 1.54) is 26.3 Å². The Kier molecular flexibility index (Phi) is 5.20. The molecule has 0 aliphatic heterocycles. The van der Waals surface area contributed by atoms with E-state index < -0.39 is 40.9 Å². The van der Waals surface area contributed by atoms with E-state index in [4.69, 9.17) is 9.47 Å². The van der Waals surface area contributed by atoms with Gasteiger partial charge in [0.2, 0.25) is 5.88 Å². The number of nitrogens with zero attached hydrogens (tertiary/aromatic N) is 2. The number of nitrogens with one attached hydrogen (secondary N) is 1. The highest BCUT2D eigenvalue weighted by Crippen LogP contribution is 2.26. The summed E-state index contributed by atoms with van der Waals surface area (Å²) in [5.74, 6) is -1.80. The number of carbonyl (C=O) groups excluding carboxylic acids is 2. The van der Waals surface area contributed by atoms with Crippen molar-refractivity contribution in [2.75, 3.05) is 13.7 Å². The molecule has 2 heterocycles. The lowest BCUT2D eigenvalue weighted by atomic mass is 10.1. The molecule has 2 rings (SSSR count). The smallest absolute Gasteiger partial charge is 0.325 e. The second-order valence-electron chi connectivity index (χ2n) is 6.58. The number of fused-ring (bicyclic) bond motifs is 1. The SMILES string of the molecule is COc1ccc2c(O)c(C(=O)NCC(=O)OC(C)(C)C)c(=O)n(C)c2n1. The molecule has 0 saturated carbocycles. The summed E-state index contributed by atoms with van der Waals surface area (Å²) in [6, 6.07) is 2.98. The second kappa shape index (κ2) is 7.03. The highest BCUT2D eigenvalue weighted by atomic mass is 16.6. The van der Waals surface area contributed by atoms with Crippen molar-refractivity contribution in [1.82, 2.24) is 14.9 Å². The van der Waals surface area contributed by atoms with Gasteiger partial charge in [0, 0.05) is 13.1 Å². The maximum absolute atomic E-state index is 12.5. The first-order valence-corrected chi connectivity index (χ1v) is 7.82. The van der Waals surface area contributed by atoms with Crippen molar-refractivity contribution >= 4 is 22.9 Å². The highest BCUT2D eigenvalue weighted by Gasteiger charge is 2.23. The van der Waals surface area contributed by atoms with Crippen LogP contribution in [-0.4, -0.2) is 45.8 Å². The van der Waals surface area contributed by atoms with Gasteiger partial charge in [0.05, 0.1) is 12.5 Å². The number of esters is 1. The number of pyridine rings is 2. The molecule has 140 valence electrons.